The molecule has 0 unspecified atom stereocenters. The van der Waals surface area contributed by atoms with Gasteiger partial charge in [0, 0.05) is 6.54 Å². The lowest BCUT2D eigenvalue weighted by Crippen LogP contribution is -2.29. The van der Waals surface area contributed by atoms with Crippen molar-refractivity contribution in [2.24, 2.45) is 22.1 Å². The zero-order valence-electron chi connectivity index (χ0n) is 7.67. The van der Waals surface area contributed by atoms with Crippen LogP contribution < -0.4 is 11.2 Å². The van der Waals surface area contributed by atoms with Gasteiger partial charge in [0.1, 0.15) is 0 Å². The molecule has 1 aliphatic carbocycles. The number of aliphatic imine (C=N–C) groups is 1. The summed E-state index contributed by atoms with van der Waals surface area (Å²) in [6.07, 6.45) is 2.46. The van der Waals surface area contributed by atoms with Gasteiger partial charge in [0.25, 0.3) is 0 Å². The highest BCUT2D eigenvalue weighted by Crippen LogP contribution is 2.51. The first-order valence-electron chi connectivity index (χ1n) is 4.31. The van der Waals surface area contributed by atoms with Crippen LogP contribution in [0.25, 0.3) is 0 Å². The average molecular weight is 171 g/mol. The third-order valence-electron chi connectivity index (χ3n) is 2.80. The molecular formula is C8H17N3O. The highest BCUT2D eigenvalue weighted by atomic mass is 16.5. The summed E-state index contributed by atoms with van der Waals surface area (Å²) in [4.78, 5) is 4.03. The lowest BCUT2D eigenvalue weighted by molar-refractivity contribution is 0.231. The van der Waals surface area contributed by atoms with Crippen LogP contribution in [0.4, 0.5) is 0 Å². The molecule has 0 spiro atoms. The van der Waals surface area contributed by atoms with Gasteiger partial charge in [0.05, 0.1) is 0 Å². The van der Waals surface area contributed by atoms with Gasteiger partial charge < -0.3 is 5.73 Å². The second kappa shape index (κ2) is 3.31. The van der Waals surface area contributed by atoms with Gasteiger partial charge in [-0.15, -0.1) is 0 Å². The molecule has 0 aromatic heterocycles. The van der Waals surface area contributed by atoms with E-state index < -0.39 is 0 Å². The molecule has 0 aliphatic heterocycles. The van der Waals surface area contributed by atoms with E-state index in [0.29, 0.717) is 11.3 Å². The highest BCUT2D eigenvalue weighted by molar-refractivity contribution is 5.76. The Morgan fingerprint density at radius 3 is 2.58 bits per heavy atom. The fourth-order valence-corrected chi connectivity index (χ4v) is 1.36. The molecule has 70 valence electrons. The third-order valence-corrected chi connectivity index (χ3v) is 2.80. The molecule has 0 heterocycles. The van der Waals surface area contributed by atoms with E-state index in [-0.39, 0.29) is 5.96 Å². The van der Waals surface area contributed by atoms with E-state index in [1.165, 1.54) is 12.8 Å². The van der Waals surface area contributed by atoms with E-state index in [1.54, 1.807) is 0 Å². The molecule has 0 amide bonds. The molecule has 0 radical (unpaired) electrons. The highest BCUT2D eigenvalue weighted by Gasteiger charge is 2.44. The second-order valence-electron chi connectivity index (χ2n) is 3.83. The number of nitrogens with two attached hydrogens (primary N) is 1. The second-order valence-corrected chi connectivity index (χ2v) is 3.83. The maximum absolute atomic E-state index is 8.38. The lowest BCUT2D eigenvalue weighted by Gasteiger charge is -2.16. The van der Waals surface area contributed by atoms with Crippen LogP contribution in [0.2, 0.25) is 0 Å². The number of hydrogen-bond donors (Lipinski definition) is 3. The van der Waals surface area contributed by atoms with Crippen molar-refractivity contribution in [3.8, 4) is 0 Å². The van der Waals surface area contributed by atoms with Crippen molar-refractivity contribution >= 4 is 5.96 Å². The number of hydroxylamine groups is 1. The molecule has 1 rings (SSSR count). The summed E-state index contributed by atoms with van der Waals surface area (Å²) in [5.41, 5.74) is 7.49. The molecule has 1 aliphatic rings. The van der Waals surface area contributed by atoms with E-state index in [2.05, 4.69) is 18.8 Å². The SMILES string of the molecule is CC(C)C1(CN=C(N)NO)CC1. The van der Waals surface area contributed by atoms with Crippen LogP contribution in [0.15, 0.2) is 4.99 Å². The van der Waals surface area contributed by atoms with Crippen LogP contribution in [0.5, 0.6) is 0 Å². The fraction of sp³-hybridized carbons (Fsp3) is 0.875. The molecule has 0 bridgehead atoms. The van der Waals surface area contributed by atoms with Crippen LogP contribution in [-0.4, -0.2) is 17.7 Å². The van der Waals surface area contributed by atoms with Crippen LogP contribution in [0, 0.1) is 11.3 Å². The zero-order valence-corrected chi connectivity index (χ0v) is 7.67. The van der Waals surface area contributed by atoms with E-state index in [4.69, 9.17) is 10.9 Å². The van der Waals surface area contributed by atoms with Gasteiger partial charge in [-0.05, 0) is 24.2 Å². The molecule has 0 atom stereocenters. The van der Waals surface area contributed by atoms with Crippen molar-refractivity contribution in [2.75, 3.05) is 6.54 Å². The van der Waals surface area contributed by atoms with Crippen molar-refractivity contribution in [1.82, 2.24) is 5.48 Å². The van der Waals surface area contributed by atoms with E-state index in [1.807, 2.05) is 5.48 Å². The predicted octanol–water partition coefficient (Wildman–Crippen LogP) is 0.716. The van der Waals surface area contributed by atoms with Gasteiger partial charge in [-0.3, -0.25) is 10.2 Å². The molecule has 4 nitrogen and oxygen atoms in total. The number of hydrogen-bond acceptors (Lipinski definition) is 2. The first-order chi connectivity index (χ1) is 5.60. The van der Waals surface area contributed by atoms with Gasteiger partial charge in [0.2, 0.25) is 5.96 Å². The molecule has 1 fully saturated rings. The molecule has 0 aromatic rings. The Bertz CT molecular complexity index is 185. The molecule has 1 saturated carbocycles. The van der Waals surface area contributed by atoms with Crippen LogP contribution >= 0.6 is 0 Å². The van der Waals surface area contributed by atoms with E-state index in [9.17, 15) is 0 Å². The smallest absolute Gasteiger partial charge is 0.212 e. The number of nitrogens with one attached hydrogen (secondary N) is 1. The van der Waals surface area contributed by atoms with Gasteiger partial charge in [-0.1, -0.05) is 13.8 Å². The molecule has 4 heteroatoms. The van der Waals surface area contributed by atoms with Crippen molar-refractivity contribution in [1.29, 1.82) is 0 Å². The quantitative estimate of drug-likeness (QED) is 0.333. The van der Waals surface area contributed by atoms with Crippen molar-refractivity contribution in [2.45, 2.75) is 26.7 Å². The Morgan fingerprint density at radius 2 is 2.25 bits per heavy atom. The zero-order chi connectivity index (χ0) is 9.19. The molecule has 0 aromatic carbocycles. The standard InChI is InChI=1S/C8H17N3O/c1-6(2)8(3-4-8)5-10-7(9)11-12/h6,12H,3-5H2,1-2H3,(H3,9,10,11). The monoisotopic (exact) mass is 171 g/mol. The van der Waals surface area contributed by atoms with Gasteiger partial charge in [-0.2, -0.15) is 0 Å². The Kier molecular flexibility index (Phi) is 2.57. The molecule has 12 heavy (non-hydrogen) atoms. The first-order valence-corrected chi connectivity index (χ1v) is 4.31. The summed E-state index contributed by atoms with van der Waals surface area (Å²) in [6.45, 7) is 5.13. The molecular weight excluding hydrogens is 154 g/mol. The van der Waals surface area contributed by atoms with E-state index in [0.717, 1.165) is 6.54 Å². The Balaban J connectivity index is 2.41. The summed E-state index contributed by atoms with van der Waals surface area (Å²) in [5.74, 6) is 0.759. The summed E-state index contributed by atoms with van der Waals surface area (Å²) in [7, 11) is 0. The number of guanidine groups is 1. The number of rotatable bonds is 3. The third kappa shape index (κ3) is 1.88. The van der Waals surface area contributed by atoms with Gasteiger partial charge >= 0.3 is 0 Å². The summed E-state index contributed by atoms with van der Waals surface area (Å²) < 4.78 is 0. The first kappa shape index (κ1) is 9.32. The Morgan fingerprint density at radius 1 is 1.67 bits per heavy atom. The van der Waals surface area contributed by atoms with Crippen molar-refractivity contribution < 1.29 is 5.21 Å². The normalized spacial score (nSPS) is 21.2. The lowest BCUT2D eigenvalue weighted by atomic mass is 9.93. The van der Waals surface area contributed by atoms with Crippen molar-refractivity contribution in [3.63, 3.8) is 0 Å². The minimum Gasteiger partial charge on any atom is -0.368 e. The van der Waals surface area contributed by atoms with Crippen LogP contribution in [-0.2, 0) is 0 Å². The molecule has 4 N–H and O–H groups in total. The largest absolute Gasteiger partial charge is 0.368 e. The summed E-state index contributed by atoms with van der Waals surface area (Å²) >= 11 is 0. The minimum atomic E-state index is 0.113. The van der Waals surface area contributed by atoms with Gasteiger partial charge in [0.15, 0.2) is 0 Å². The van der Waals surface area contributed by atoms with Crippen molar-refractivity contribution in [3.05, 3.63) is 0 Å². The predicted molar refractivity (Wildman–Crippen MR) is 47.9 cm³/mol. The topological polar surface area (TPSA) is 70.6 Å². The summed E-state index contributed by atoms with van der Waals surface area (Å²) in [5, 5.41) is 8.38. The number of nitrogens with zero attached hydrogens (tertiary/aromatic N) is 1. The Labute approximate surface area is 72.8 Å². The van der Waals surface area contributed by atoms with Crippen LogP contribution in [0.1, 0.15) is 26.7 Å². The van der Waals surface area contributed by atoms with Gasteiger partial charge in [-0.25, -0.2) is 5.48 Å². The maximum atomic E-state index is 8.38. The summed E-state index contributed by atoms with van der Waals surface area (Å²) in [6, 6.07) is 0. The van der Waals surface area contributed by atoms with E-state index >= 15 is 0 Å². The maximum Gasteiger partial charge on any atom is 0.212 e. The minimum absolute atomic E-state index is 0.113. The van der Waals surface area contributed by atoms with Crippen LogP contribution in [0.3, 0.4) is 0 Å². The fourth-order valence-electron chi connectivity index (χ4n) is 1.36. The molecule has 0 saturated heterocycles. The average Bonchev–Trinajstić information content (AvgIpc) is 2.81. The Hall–Kier alpha value is -0.770.